The molecule has 0 unspecified atom stereocenters. The Hall–Kier alpha value is -1.58. The van der Waals surface area contributed by atoms with E-state index in [4.69, 9.17) is 16.3 Å². The van der Waals surface area contributed by atoms with Gasteiger partial charge in [0, 0.05) is 18.7 Å². The third-order valence-corrected chi connectivity index (χ3v) is 3.60. The third kappa shape index (κ3) is 3.71. The Labute approximate surface area is 123 Å². The Morgan fingerprint density at radius 1 is 1.15 bits per heavy atom. The van der Waals surface area contributed by atoms with Gasteiger partial charge in [-0.25, -0.2) is 4.98 Å². The largest absolute Gasteiger partial charge is 0.473 e. The van der Waals surface area contributed by atoms with Crippen molar-refractivity contribution in [1.29, 1.82) is 0 Å². The van der Waals surface area contributed by atoms with Crippen LogP contribution in [0.3, 0.4) is 0 Å². The maximum absolute atomic E-state index is 6.16. The van der Waals surface area contributed by atoms with Gasteiger partial charge in [-0.2, -0.15) is 0 Å². The van der Waals surface area contributed by atoms with Gasteiger partial charge in [-0.3, -0.25) is 0 Å². The lowest BCUT2D eigenvalue weighted by Gasteiger charge is -2.09. The van der Waals surface area contributed by atoms with Gasteiger partial charge in [0.1, 0.15) is 6.61 Å². The zero-order valence-corrected chi connectivity index (χ0v) is 11.9. The number of nitrogens with zero attached hydrogens (tertiary/aromatic N) is 1. The first kappa shape index (κ1) is 13.4. The Morgan fingerprint density at radius 2 is 1.95 bits per heavy atom. The summed E-state index contributed by atoms with van der Waals surface area (Å²) >= 11 is 6.16. The van der Waals surface area contributed by atoms with E-state index in [0.29, 0.717) is 30.1 Å². The van der Waals surface area contributed by atoms with Crippen LogP contribution in [0.1, 0.15) is 24.1 Å². The highest BCUT2D eigenvalue weighted by Crippen LogP contribution is 2.22. The molecule has 1 aromatic carbocycles. The number of halogens is 1. The predicted molar refractivity (Wildman–Crippen MR) is 79.9 cm³/mol. The van der Waals surface area contributed by atoms with Crippen LogP contribution in [0.5, 0.6) is 5.88 Å². The molecular weight excluding hydrogens is 272 g/mol. The molecule has 4 heteroatoms. The third-order valence-electron chi connectivity index (χ3n) is 3.26. The molecule has 104 valence electrons. The van der Waals surface area contributed by atoms with Crippen LogP contribution >= 0.6 is 11.6 Å². The molecule has 1 saturated carbocycles. The molecule has 1 aromatic heterocycles. The fourth-order valence-corrected chi connectivity index (χ4v) is 2.10. The SMILES string of the molecule is Clc1ccc(OCc2ccccc2)nc1CNC1CC1. The predicted octanol–water partition coefficient (Wildman–Crippen LogP) is 3.57. The van der Waals surface area contributed by atoms with Crippen molar-refractivity contribution in [2.24, 2.45) is 0 Å². The maximum Gasteiger partial charge on any atom is 0.213 e. The molecule has 1 heterocycles. The van der Waals surface area contributed by atoms with Crippen molar-refractivity contribution >= 4 is 11.6 Å². The molecule has 0 saturated heterocycles. The molecule has 0 aliphatic heterocycles. The lowest BCUT2D eigenvalue weighted by Crippen LogP contribution is -2.16. The minimum Gasteiger partial charge on any atom is -0.473 e. The Morgan fingerprint density at radius 3 is 2.70 bits per heavy atom. The van der Waals surface area contributed by atoms with Crippen LogP contribution < -0.4 is 10.1 Å². The Balaban J connectivity index is 1.62. The van der Waals surface area contributed by atoms with Crippen molar-refractivity contribution in [3.63, 3.8) is 0 Å². The van der Waals surface area contributed by atoms with Crippen molar-refractivity contribution < 1.29 is 4.74 Å². The van der Waals surface area contributed by atoms with Gasteiger partial charge in [0.25, 0.3) is 0 Å². The molecule has 3 nitrogen and oxygen atoms in total. The van der Waals surface area contributed by atoms with Crippen LogP contribution in [0.2, 0.25) is 5.02 Å². The molecule has 20 heavy (non-hydrogen) atoms. The van der Waals surface area contributed by atoms with Crippen LogP contribution in [0.25, 0.3) is 0 Å². The summed E-state index contributed by atoms with van der Waals surface area (Å²) < 4.78 is 5.71. The van der Waals surface area contributed by atoms with E-state index in [1.165, 1.54) is 12.8 Å². The molecule has 0 atom stereocenters. The van der Waals surface area contributed by atoms with Crippen LogP contribution in [0.15, 0.2) is 42.5 Å². The molecule has 0 amide bonds. The fourth-order valence-electron chi connectivity index (χ4n) is 1.93. The van der Waals surface area contributed by atoms with E-state index in [1.54, 1.807) is 0 Å². The molecule has 0 spiro atoms. The monoisotopic (exact) mass is 288 g/mol. The summed E-state index contributed by atoms with van der Waals surface area (Å²) in [6.45, 7) is 1.22. The first-order valence-electron chi connectivity index (χ1n) is 6.87. The van der Waals surface area contributed by atoms with E-state index < -0.39 is 0 Å². The van der Waals surface area contributed by atoms with E-state index >= 15 is 0 Å². The van der Waals surface area contributed by atoms with E-state index in [1.807, 2.05) is 42.5 Å². The van der Waals surface area contributed by atoms with Crippen LogP contribution in [-0.4, -0.2) is 11.0 Å². The molecular formula is C16H17ClN2O. The summed E-state index contributed by atoms with van der Waals surface area (Å²) in [6.07, 6.45) is 2.50. The van der Waals surface area contributed by atoms with Crippen molar-refractivity contribution in [1.82, 2.24) is 10.3 Å². The molecule has 0 radical (unpaired) electrons. The summed E-state index contributed by atoms with van der Waals surface area (Å²) in [6, 6.07) is 14.4. The smallest absolute Gasteiger partial charge is 0.213 e. The van der Waals surface area contributed by atoms with Gasteiger partial charge in [-0.1, -0.05) is 41.9 Å². The van der Waals surface area contributed by atoms with Crippen LogP contribution in [0, 0.1) is 0 Å². The standard InChI is InChI=1S/C16H17ClN2O/c17-14-8-9-16(19-15(14)10-18-13-6-7-13)20-11-12-4-2-1-3-5-12/h1-5,8-9,13,18H,6-7,10-11H2. The van der Waals surface area contributed by atoms with Crippen molar-refractivity contribution in [2.75, 3.05) is 0 Å². The first-order valence-corrected chi connectivity index (χ1v) is 7.24. The second-order valence-electron chi connectivity index (χ2n) is 5.01. The van der Waals surface area contributed by atoms with Crippen molar-refractivity contribution in [3.05, 3.63) is 58.7 Å². The number of benzene rings is 1. The minimum absolute atomic E-state index is 0.519. The summed E-state index contributed by atoms with van der Waals surface area (Å²) in [5, 5.41) is 4.10. The molecule has 0 bridgehead atoms. The summed E-state index contributed by atoms with van der Waals surface area (Å²) in [5.74, 6) is 0.617. The van der Waals surface area contributed by atoms with E-state index in [0.717, 1.165) is 11.3 Å². The lowest BCUT2D eigenvalue weighted by molar-refractivity contribution is 0.293. The summed E-state index contributed by atoms with van der Waals surface area (Å²) in [4.78, 5) is 4.47. The van der Waals surface area contributed by atoms with Gasteiger partial charge in [-0.15, -0.1) is 0 Å². The van der Waals surface area contributed by atoms with Gasteiger partial charge >= 0.3 is 0 Å². The second-order valence-corrected chi connectivity index (χ2v) is 5.41. The average molecular weight is 289 g/mol. The molecule has 1 fully saturated rings. The Kier molecular flexibility index (Phi) is 4.19. The normalized spacial score (nSPS) is 14.2. The van der Waals surface area contributed by atoms with Gasteiger partial charge < -0.3 is 10.1 Å². The number of aromatic nitrogens is 1. The number of hydrogen-bond acceptors (Lipinski definition) is 3. The van der Waals surface area contributed by atoms with Gasteiger partial charge in [0.15, 0.2) is 0 Å². The highest BCUT2D eigenvalue weighted by Gasteiger charge is 2.20. The van der Waals surface area contributed by atoms with Gasteiger partial charge in [-0.05, 0) is 24.5 Å². The number of rotatable bonds is 6. The number of pyridine rings is 1. The topological polar surface area (TPSA) is 34.1 Å². The minimum atomic E-state index is 0.519. The molecule has 1 aliphatic carbocycles. The quantitative estimate of drug-likeness (QED) is 0.882. The molecule has 2 aromatic rings. The molecule has 3 rings (SSSR count). The maximum atomic E-state index is 6.16. The van der Waals surface area contributed by atoms with E-state index in [2.05, 4.69) is 10.3 Å². The Bertz CT molecular complexity index is 570. The van der Waals surface area contributed by atoms with Crippen molar-refractivity contribution in [2.45, 2.75) is 32.0 Å². The van der Waals surface area contributed by atoms with Crippen LogP contribution in [0.4, 0.5) is 0 Å². The molecule has 1 aliphatic rings. The highest BCUT2D eigenvalue weighted by atomic mass is 35.5. The van der Waals surface area contributed by atoms with Gasteiger partial charge in [0.05, 0.1) is 10.7 Å². The van der Waals surface area contributed by atoms with E-state index in [-0.39, 0.29) is 0 Å². The first-order chi connectivity index (χ1) is 9.81. The lowest BCUT2D eigenvalue weighted by atomic mass is 10.2. The zero-order chi connectivity index (χ0) is 13.8. The summed E-state index contributed by atoms with van der Waals surface area (Å²) in [7, 11) is 0. The number of hydrogen-bond donors (Lipinski definition) is 1. The summed E-state index contributed by atoms with van der Waals surface area (Å²) in [5.41, 5.74) is 1.98. The molecule has 1 N–H and O–H groups in total. The average Bonchev–Trinajstić information content (AvgIpc) is 3.30. The van der Waals surface area contributed by atoms with Crippen LogP contribution in [-0.2, 0) is 13.2 Å². The fraction of sp³-hybridized carbons (Fsp3) is 0.312. The van der Waals surface area contributed by atoms with E-state index in [9.17, 15) is 0 Å². The number of nitrogens with one attached hydrogen (secondary N) is 1. The zero-order valence-electron chi connectivity index (χ0n) is 11.2. The van der Waals surface area contributed by atoms with Crippen molar-refractivity contribution in [3.8, 4) is 5.88 Å². The van der Waals surface area contributed by atoms with Gasteiger partial charge in [0.2, 0.25) is 5.88 Å². The number of ether oxygens (including phenoxy) is 1. The highest BCUT2D eigenvalue weighted by molar-refractivity contribution is 6.31. The second kappa shape index (κ2) is 6.25.